The number of pyridine rings is 1. The molecule has 236 valence electrons. The van der Waals surface area contributed by atoms with Gasteiger partial charge in [0.1, 0.15) is 0 Å². The molecule has 0 amide bonds. The zero-order valence-electron chi connectivity index (χ0n) is 27.8. The van der Waals surface area contributed by atoms with Gasteiger partial charge in [0.15, 0.2) is 0 Å². The van der Waals surface area contributed by atoms with Crippen molar-refractivity contribution < 1.29 is 0 Å². The first-order valence-corrected chi connectivity index (χ1v) is 17.1. The van der Waals surface area contributed by atoms with E-state index in [9.17, 15) is 0 Å². The predicted octanol–water partition coefficient (Wildman–Crippen LogP) is 13.3. The molecule has 10 aromatic rings. The third-order valence-electron chi connectivity index (χ3n) is 9.89. The molecule has 0 aliphatic heterocycles. The van der Waals surface area contributed by atoms with Crippen molar-refractivity contribution in [2.45, 2.75) is 6.92 Å². The van der Waals surface area contributed by atoms with E-state index >= 15 is 0 Å². The van der Waals surface area contributed by atoms with Gasteiger partial charge < -0.3 is 4.57 Å². The largest absolute Gasteiger partial charge is 0.309 e. The van der Waals surface area contributed by atoms with Gasteiger partial charge in [-0.1, -0.05) is 140 Å². The van der Waals surface area contributed by atoms with E-state index in [1.165, 1.54) is 76.5 Å². The number of hydrogen-bond acceptors (Lipinski definition) is 1. The maximum Gasteiger partial charge on any atom is 0.0702 e. The monoisotopic (exact) mass is 638 g/mol. The molecule has 0 aliphatic carbocycles. The fraction of sp³-hybridized carbons (Fsp3) is 0.0208. The van der Waals surface area contributed by atoms with Crippen LogP contribution in [0.25, 0.3) is 93.0 Å². The first-order chi connectivity index (χ1) is 24.7. The van der Waals surface area contributed by atoms with Crippen LogP contribution in [0.15, 0.2) is 183 Å². The Labute approximate surface area is 291 Å². The minimum absolute atomic E-state index is 1.02. The van der Waals surface area contributed by atoms with Gasteiger partial charge in [0.25, 0.3) is 0 Å². The van der Waals surface area contributed by atoms with Crippen LogP contribution in [0.5, 0.6) is 0 Å². The lowest BCUT2D eigenvalue weighted by molar-refractivity contribution is 1.18. The van der Waals surface area contributed by atoms with Crippen LogP contribution in [-0.4, -0.2) is 9.55 Å². The van der Waals surface area contributed by atoms with Gasteiger partial charge in [-0.05, 0) is 92.3 Å². The molecular formula is C48H34N2. The summed E-state index contributed by atoms with van der Waals surface area (Å²) < 4.78 is 2.40. The zero-order chi connectivity index (χ0) is 33.6. The second-order valence-electron chi connectivity index (χ2n) is 12.7. The van der Waals surface area contributed by atoms with Crippen LogP contribution in [0.3, 0.4) is 0 Å². The topological polar surface area (TPSA) is 17.8 Å². The quantitative estimate of drug-likeness (QED) is 0.139. The second kappa shape index (κ2) is 12.2. The van der Waals surface area contributed by atoms with E-state index in [-0.39, 0.29) is 0 Å². The summed E-state index contributed by atoms with van der Waals surface area (Å²) in [5.41, 5.74) is 9.46. The number of rotatable bonds is 4. The molecule has 2 nitrogen and oxygen atoms in total. The van der Waals surface area contributed by atoms with Crippen LogP contribution in [0.4, 0.5) is 0 Å². The molecule has 0 aliphatic rings. The first kappa shape index (κ1) is 29.6. The van der Waals surface area contributed by atoms with E-state index in [1.807, 2.05) is 31.3 Å². The van der Waals surface area contributed by atoms with Crippen molar-refractivity contribution in [3.8, 4) is 27.9 Å². The number of para-hydroxylation sites is 3. The van der Waals surface area contributed by atoms with Gasteiger partial charge in [0.2, 0.25) is 0 Å². The summed E-state index contributed by atoms with van der Waals surface area (Å²) in [6, 6.07) is 55.3. The molecule has 0 saturated heterocycles. The molecule has 0 fully saturated rings. The Morgan fingerprint density at radius 3 is 1.76 bits per heavy atom. The van der Waals surface area contributed by atoms with Crippen LogP contribution in [0.1, 0.15) is 6.92 Å². The Morgan fingerprint density at radius 2 is 1.12 bits per heavy atom. The van der Waals surface area contributed by atoms with Gasteiger partial charge in [-0.2, -0.15) is 0 Å². The smallest absolute Gasteiger partial charge is 0.0702 e. The van der Waals surface area contributed by atoms with Crippen LogP contribution >= 0.6 is 0 Å². The van der Waals surface area contributed by atoms with Gasteiger partial charge in [-0.3, -0.25) is 4.98 Å². The lowest BCUT2D eigenvalue weighted by atomic mass is 9.87. The van der Waals surface area contributed by atoms with Crippen molar-refractivity contribution in [3.05, 3.63) is 183 Å². The molecule has 8 aromatic carbocycles. The van der Waals surface area contributed by atoms with Crippen molar-refractivity contribution in [1.82, 2.24) is 9.55 Å². The van der Waals surface area contributed by atoms with Crippen molar-refractivity contribution in [2.24, 2.45) is 0 Å². The molecule has 0 N–H and O–H groups in total. The summed E-state index contributed by atoms with van der Waals surface area (Å²) in [5, 5.41) is 11.4. The summed E-state index contributed by atoms with van der Waals surface area (Å²) in [5.74, 6) is 0. The summed E-state index contributed by atoms with van der Waals surface area (Å²) in [6.07, 6.45) is 7.59. The summed E-state index contributed by atoms with van der Waals surface area (Å²) in [4.78, 5) is 4.79. The molecule has 0 atom stereocenters. The molecular weight excluding hydrogens is 605 g/mol. The Bertz CT molecular complexity index is 2850. The van der Waals surface area contributed by atoms with E-state index in [0.29, 0.717) is 0 Å². The Balaban J connectivity index is 0.000000632. The third-order valence-corrected chi connectivity index (χ3v) is 9.89. The normalized spacial score (nSPS) is 11.7. The van der Waals surface area contributed by atoms with Gasteiger partial charge in [-0.15, -0.1) is 0 Å². The van der Waals surface area contributed by atoms with Gasteiger partial charge in [-0.25, -0.2) is 0 Å². The van der Waals surface area contributed by atoms with Crippen molar-refractivity contribution in [2.75, 3.05) is 0 Å². The average Bonchev–Trinajstić information content (AvgIpc) is 3.52. The zero-order valence-corrected chi connectivity index (χ0v) is 27.8. The lowest BCUT2D eigenvalue weighted by Gasteiger charge is -2.17. The molecule has 2 heteroatoms. The van der Waals surface area contributed by atoms with Crippen LogP contribution in [-0.2, 0) is 0 Å². The molecule has 0 bridgehead atoms. The molecule has 0 spiro atoms. The Kier molecular flexibility index (Phi) is 7.21. The van der Waals surface area contributed by atoms with E-state index in [0.717, 1.165) is 16.5 Å². The minimum Gasteiger partial charge on any atom is -0.309 e. The molecule has 10 rings (SSSR count). The highest BCUT2D eigenvalue weighted by Gasteiger charge is 2.17. The fourth-order valence-electron chi connectivity index (χ4n) is 7.67. The number of nitrogens with zero attached hydrogens (tertiary/aromatic N) is 2. The Morgan fingerprint density at radius 1 is 0.520 bits per heavy atom. The minimum atomic E-state index is 1.02. The van der Waals surface area contributed by atoms with Gasteiger partial charge in [0, 0.05) is 33.6 Å². The van der Waals surface area contributed by atoms with Crippen molar-refractivity contribution >= 4 is 65.0 Å². The highest BCUT2D eigenvalue weighted by molar-refractivity contribution is 6.27. The van der Waals surface area contributed by atoms with E-state index in [4.69, 9.17) is 4.98 Å². The van der Waals surface area contributed by atoms with E-state index in [2.05, 4.69) is 157 Å². The fourth-order valence-corrected chi connectivity index (χ4v) is 7.67. The van der Waals surface area contributed by atoms with Crippen molar-refractivity contribution in [3.63, 3.8) is 0 Å². The molecule has 2 aromatic heterocycles. The summed E-state index contributed by atoms with van der Waals surface area (Å²) >= 11 is 0. The molecule has 0 saturated carbocycles. The summed E-state index contributed by atoms with van der Waals surface area (Å²) in [7, 11) is 0. The van der Waals surface area contributed by atoms with Crippen LogP contribution < -0.4 is 0 Å². The lowest BCUT2D eigenvalue weighted by Crippen LogP contribution is -1.94. The van der Waals surface area contributed by atoms with E-state index < -0.39 is 0 Å². The SMILES string of the molecule is C=C/C=C\C.c1cc(-c2ccc3ccc4c(-c5cnc6ccccc6c5)ccc5ccc2c3c54)cc(-n2c3ccccc3c3ccccc32)c1. The number of benzene rings is 8. The number of aromatic nitrogens is 2. The number of fused-ring (bicyclic) bond motifs is 4. The maximum atomic E-state index is 4.79. The Hall–Kier alpha value is -6.51. The van der Waals surface area contributed by atoms with Gasteiger partial charge in [0.05, 0.1) is 16.6 Å². The predicted molar refractivity (Wildman–Crippen MR) is 216 cm³/mol. The molecule has 0 unspecified atom stereocenters. The highest BCUT2D eigenvalue weighted by atomic mass is 15.0. The second-order valence-corrected chi connectivity index (χ2v) is 12.7. The maximum absolute atomic E-state index is 4.79. The standard InChI is InChI=1S/C43H26N2.C5H8/c1-4-13-39-30(8-1)24-31(26-44-39)34-21-17-28-18-22-37-33(20-16-27-19-23-38(34)43(28)42(27)37)29-9-7-10-32(25-29)45-40-14-5-2-11-35(40)36-12-3-6-15-41(36)45;1-3-5-4-2/h1-26H;3-5H,1H2,2H3/b;5-4-. The number of allylic oxidation sites excluding steroid dienone is 3. The third kappa shape index (κ3) is 4.76. The van der Waals surface area contributed by atoms with Crippen LogP contribution in [0.2, 0.25) is 0 Å². The number of hydrogen-bond donors (Lipinski definition) is 0. The van der Waals surface area contributed by atoms with Gasteiger partial charge >= 0.3 is 0 Å². The van der Waals surface area contributed by atoms with E-state index in [1.54, 1.807) is 6.08 Å². The average molecular weight is 639 g/mol. The highest BCUT2D eigenvalue weighted by Crippen LogP contribution is 2.43. The molecule has 2 heterocycles. The van der Waals surface area contributed by atoms with Crippen LogP contribution in [0, 0.1) is 0 Å². The first-order valence-electron chi connectivity index (χ1n) is 17.1. The van der Waals surface area contributed by atoms with Crippen molar-refractivity contribution in [1.29, 1.82) is 0 Å². The summed E-state index contributed by atoms with van der Waals surface area (Å²) in [6.45, 7) is 5.42. The molecule has 0 radical (unpaired) electrons. The molecule has 50 heavy (non-hydrogen) atoms.